The summed E-state index contributed by atoms with van der Waals surface area (Å²) >= 11 is 0. The monoisotopic (exact) mass is 213 g/mol. The summed E-state index contributed by atoms with van der Waals surface area (Å²) in [5.74, 6) is 0. The zero-order chi connectivity index (χ0) is 11.4. The number of hydrogen-bond acceptors (Lipinski definition) is 2. The van der Waals surface area contributed by atoms with Crippen LogP contribution in [0.5, 0.6) is 0 Å². The van der Waals surface area contributed by atoms with Crippen molar-refractivity contribution in [2.75, 3.05) is 13.2 Å². The molecule has 1 unspecified atom stereocenters. The van der Waals surface area contributed by atoms with Gasteiger partial charge in [-0.05, 0) is 27.3 Å². The van der Waals surface area contributed by atoms with E-state index in [0.29, 0.717) is 6.54 Å². The molecule has 4 heteroatoms. The van der Waals surface area contributed by atoms with E-state index in [1.54, 1.807) is 4.68 Å². The van der Waals surface area contributed by atoms with Crippen LogP contribution in [0.3, 0.4) is 0 Å². The maximum Gasteiger partial charge on any atom is 0.109 e. The normalized spacial score (nSPS) is 13.1. The van der Waals surface area contributed by atoms with Crippen LogP contribution in [-0.2, 0) is 6.54 Å². The van der Waals surface area contributed by atoms with E-state index in [9.17, 15) is 4.39 Å². The lowest BCUT2D eigenvalue weighted by atomic mass is 10.1. The minimum Gasteiger partial charge on any atom is -0.310 e. The van der Waals surface area contributed by atoms with E-state index < -0.39 is 0 Å². The molecule has 0 aliphatic carbocycles. The Morgan fingerprint density at radius 3 is 2.67 bits per heavy atom. The SMILES string of the molecule is CCNC(C)c1c(C)nn(CCF)c1C. The number of nitrogens with one attached hydrogen (secondary N) is 1. The van der Waals surface area contributed by atoms with Crippen LogP contribution in [-0.4, -0.2) is 23.0 Å². The zero-order valence-electron chi connectivity index (χ0n) is 9.97. The van der Waals surface area contributed by atoms with Crippen LogP contribution in [0.15, 0.2) is 0 Å². The van der Waals surface area contributed by atoms with Gasteiger partial charge in [-0.1, -0.05) is 6.92 Å². The van der Waals surface area contributed by atoms with E-state index in [4.69, 9.17) is 0 Å². The molecule has 86 valence electrons. The molecule has 0 aromatic carbocycles. The van der Waals surface area contributed by atoms with Crippen LogP contribution in [0.2, 0.25) is 0 Å². The summed E-state index contributed by atoms with van der Waals surface area (Å²) in [7, 11) is 0. The van der Waals surface area contributed by atoms with Crippen molar-refractivity contribution in [3.05, 3.63) is 17.0 Å². The second kappa shape index (κ2) is 5.26. The van der Waals surface area contributed by atoms with Gasteiger partial charge in [-0.15, -0.1) is 0 Å². The summed E-state index contributed by atoms with van der Waals surface area (Å²) in [6, 6.07) is 0.281. The largest absolute Gasteiger partial charge is 0.310 e. The van der Waals surface area contributed by atoms with Crippen LogP contribution in [0.4, 0.5) is 4.39 Å². The predicted octanol–water partition coefficient (Wildman–Crippen LogP) is 2.14. The van der Waals surface area contributed by atoms with E-state index in [-0.39, 0.29) is 12.7 Å². The number of aryl methyl sites for hydroxylation is 2. The van der Waals surface area contributed by atoms with Crippen molar-refractivity contribution in [1.82, 2.24) is 15.1 Å². The van der Waals surface area contributed by atoms with Crippen LogP contribution in [0.1, 0.15) is 36.8 Å². The number of aromatic nitrogens is 2. The molecule has 0 saturated carbocycles. The van der Waals surface area contributed by atoms with Gasteiger partial charge < -0.3 is 5.32 Å². The second-order valence-corrected chi connectivity index (χ2v) is 3.78. The Morgan fingerprint density at radius 2 is 2.13 bits per heavy atom. The molecule has 1 N–H and O–H groups in total. The van der Waals surface area contributed by atoms with Crippen LogP contribution >= 0.6 is 0 Å². The fourth-order valence-corrected chi connectivity index (χ4v) is 2.04. The fraction of sp³-hybridized carbons (Fsp3) is 0.727. The van der Waals surface area contributed by atoms with Crippen molar-refractivity contribution in [2.45, 2.75) is 40.3 Å². The highest BCUT2D eigenvalue weighted by Gasteiger charge is 2.16. The maximum absolute atomic E-state index is 12.3. The Hall–Kier alpha value is -0.900. The third kappa shape index (κ3) is 2.56. The van der Waals surface area contributed by atoms with Gasteiger partial charge in [0.05, 0.1) is 12.2 Å². The van der Waals surface area contributed by atoms with E-state index in [1.165, 1.54) is 5.56 Å². The van der Waals surface area contributed by atoms with Crippen molar-refractivity contribution in [3.63, 3.8) is 0 Å². The molecule has 15 heavy (non-hydrogen) atoms. The van der Waals surface area contributed by atoms with Gasteiger partial charge in [0.15, 0.2) is 0 Å². The molecule has 0 bridgehead atoms. The molecule has 0 amide bonds. The van der Waals surface area contributed by atoms with E-state index in [0.717, 1.165) is 17.9 Å². The zero-order valence-corrected chi connectivity index (χ0v) is 9.97. The van der Waals surface area contributed by atoms with Crippen molar-refractivity contribution in [1.29, 1.82) is 0 Å². The molecule has 1 aromatic rings. The first kappa shape index (κ1) is 12.2. The highest BCUT2D eigenvalue weighted by atomic mass is 19.1. The standard InChI is InChI=1S/C11H20FN3/c1-5-13-8(2)11-9(3)14-15(7-6-12)10(11)4/h8,13H,5-7H2,1-4H3. The average Bonchev–Trinajstić information content (AvgIpc) is 2.43. The molecule has 1 atom stereocenters. The van der Waals surface area contributed by atoms with Gasteiger partial charge in [0.1, 0.15) is 6.67 Å². The maximum atomic E-state index is 12.3. The smallest absolute Gasteiger partial charge is 0.109 e. The van der Waals surface area contributed by atoms with E-state index in [2.05, 4.69) is 24.3 Å². The Morgan fingerprint density at radius 1 is 1.47 bits per heavy atom. The lowest BCUT2D eigenvalue weighted by Gasteiger charge is -2.13. The fourth-order valence-electron chi connectivity index (χ4n) is 2.04. The molecule has 1 aromatic heterocycles. The van der Waals surface area contributed by atoms with Gasteiger partial charge in [-0.25, -0.2) is 4.39 Å². The van der Waals surface area contributed by atoms with E-state index in [1.807, 2.05) is 13.8 Å². The first-order valence-corrected chi connectivity index (χ1v) is 5.45. The summed E-state index contributed by atoms with van der Waals surface area (Å²) in [4.78, 5) is 0. The molecular formula is C11H20FN3. The van der Waals surface area contributed by atoms with Gasteiger partial charge in [0.2, 0.25) is 0 Å². The first-order valence-electron chi connectivity index (χ1n) is 5.45. The lowest BCUT2D eigenvalue weighted by molar-refractivity contribution is 0.421. The quantitative estimate of drug-likeness (QED) is 0.812. The van der Waals surface area contributed by atoms with Gasteiger partial charge in [0.25, 0.3) is 0 Å². The topological polar surface area (TPSA) is 29.9 Å². The molecule has 0 fully saturated rings. The first-order chi connectivity index (χ1) is 7.11. The summed E-state index contributed by atoms with van der Waals surface area (Å²) in [6.07, 6.45) is 0. The third-order valence-electron chi connectivity index (χ3n) is 2.68. The highest BCUT2D eigenvalue weighted by molar-refractivity contribution is 5.27. The molecule has 0 spiro atoms. The summed E-state index contributed by atoms with van der Waals surface area (Å²) in [6.45, 7) is 9.08. The highest BCUT2D eigenvalue weighted by Crippen LogP contribution is 2.20. The minimum atomic E-state index is -0.364. The molecular weight excluding hydrogens is 193 g/mol. The van der Waals surface area contributed by atoms with Gasteiger partial charge in [-0.2, -0.15) is 5.10 Å². The Kier molecular flexibility index (Phi) is 4.27. The minimum absolute atomic E-state index is 0.281. The molecule has 1 rings (SSSR count). The Labute approximate surface area is 90.7 Å². The van der Waals surface area contributed by atoms with Crippen LogP contribution < -0.4 is 5.32 Å². The molecule has 0 aliphatic heterocycles. The van der Waals surface area contributed by atoms with Crippen LogP contribution in [0.25, 0.3) is 0 Å². The molecule has 0 radical (unpaired) electrons. The number of halogens is 1. The number of hydrogen-bond donors (Lipinski definition) is 1. The summed E-state index contributed by atoms with van der Waals surface area (Å²) in [5, 5.41) is 7.69. The molecule has 0 aliphatic rings. The van der Waals surface area contributed by atoms with Crippen molar-refractivity contribution < 1.29 is 4.39 Å². The van der Waals surface area contributed by atoms with Crippen LogP contribution in [0, 0.1) is 13.8 Å². The summed E-state index contributed by atoms with van der Waals surface area (Å²) in [5.41, 5.74) is 3.26. The number of rotatable bonds is 5. The van der Waals surface area contributed by atoms with Crippen molar-refractivity contribution in [2.24, 2.45) is 0 Å². The average molecular weight is 213 g/mol. The number of alkyl halides is 1. The Bertz CT molecular complexity index is 320. The second-order valence-electron chi connectivity index (χ2n) is 3.78. The molecule has 3 nitrogen and oxygen atoms in total. The lowest BCUT2D eigenvalue weighted by Crippen LogP contribution is -2.19. The van der Waals surface area contributed by atoms with Gasteiger partial charge in [-0.3, -0.25) is 4.68 Å². The van der Waals surface area contributed by atoms with Crippen molar-refractivity contribution >= 4 is 0 Å². The number of nitrogens with zero attached hydrogens (tertiary/aromatic N) is 2. The molecule has 1 heterocycles. The van der Waals surface area contributed by atoms with Gasteiger partial charge in [0, 0.05) is 17.3 Å². The summed E-state index contributed by atoms with van der Waals surface area (Å²) < 4.78 is 14.0. The third-order valence-corrected chi connectivity index (χ3v) is 2.68. The predicted molar refractivity (Wildman–Crippen MR) is 59.8 cm³/mol. The molecule has 0 saturated heterocycles. The van der Waals surface area contributed by atoms with Crippen molar-refractivity contribution in [3.8, 4) is 0 Å². The Balaban J connectivity index is 2.96. The van der Waals surface area contributed by atoms with E-state index >= 15 is 0 Å². The van der Waals surface area contributed by atoms with Gasteiger partial charge >= 0.3 is 0 Å².